The zero-order valence-electron chi connectivity index (χ0n) is 7.16. The van der Waals surface area contributed by atoms with Crippen molar-refractivity contribution in [2.45, 2.75) is 17.9 Å². The van der Waals surface area contributed by atoms with Gasteiger partial charge in [0.2, 0.25) is 0 Å². The number of amides is 1. The van der Waals surface area contributed by atoms with Gasteiger partial charge in [0.05, 0.1) is 0 Å². The third kappa shape index (κ3) is 2.28. The molecule has 3 nitrogen and oxygen atoms in total. The van der Waals surface area contributed by atoms with Crippen molar-refractivity contribution in [3.63, 3.8) is 0 Å². The van der Waals surface area contributed by atoms with Gasteiger partial charge in [-0.15, -0.1) is 0 Å². The van der Waals surface area contributed by atoms with Gasteiger partial charge < -0.3 is 10.2 Å². The molecule has 1 fully saturated rings. The summed E-state index contributed by atoms with van der Waals surface area (Å²) in [4.78, 5) is 10.7. The lowest BCUT2D eigenvalue weighted by molar-refractivity contribution is 0.0969. The maximum atomic E-state index is 10.7. The molecular weight excluding hydrogens is 186 g/mol. The van der Waals surface area contributed by atoms with Crippen LogP contribution in [-0.4, -0.2) is 11.7 Å². The predicted molar refractivity (Wildman–Crippen MR) is 50.7 cm³/mol. The smallest absolute Gasteiger partial charge is 0.284 e. The van der Waals surface area contributed by atoms with Gasteiger partial charge in [-0.2, -0.15) is 0 Å². The molecule has 2 N–H and O–H groups in total. The van der Waals surface area contributed by atoms with E-state index < -0.39 is 5.91 Å². The Balaban J connectivity index is 1.92. The average Bonchev–Trinajstić information content (AvgIpc) is 2.79. The lowest BCUT2D eigenvalue weighted by atomic mass is 10.4. The number of primary amides is 1. The quantitative estimate of drug-likeness (QED) is 0.750. The van der Waals surface area contributed by atoms with Crippen LogP contribution in [0.25, 0.3) is 0 Å². The maximum Gasteiger partial charge on any atom is 0.284 e. The van der Waals surface area contributed by atoms with E-state index >= 15 is 0 Å². The highest BCUT2D eigenvalue weighted by Crippen LogP contribution is 2.35. The third-order valence-corrected chi connectivity index (χ3v) is 3.12. The number of hydrogen-bond donors (Lipinski definition) is 1. The Kier molecular flexibility index (Phi) is 2.31. The van der Waals surface area contributed by atoms with Crippen LogP contribution < -0.4 is 5.73 Å². The fourth-order valence-corrected chi connectivity index (χ4v) is 2.06. The van der Waals surface area contributed by atoms with Crippen molar-refractivity contribution in [1.29, 1.82) is 0 Å². The Labute approximate surface area is 80.7 Å². The zero-order valence-corrected chi connectivity index (χ0v) is 7.97. The molecule has 1 amide bonds. The van der Waals surface area contributed by atoms with Gasteiger partial charge >= 0.3 is 0 Å². The van der Waals surface area contributed by atoms with Crippen molar-refractivity contribution >= 4 is 17.7 Å². The van der Waals surface area contributed by atoms with Crippen LogP contribution >= 0.6 is 11.8 Å². The Hall–Kier alpha value is -0.900. The highest BCUT2D eigenvalue weighted by Gasteiger charge is 2.21. The second-order valence-corrected chi connectivity index (χ2v) is 4.26. The first-order valence-electron chi connectivity index (χ1n) is 4.28. The summed E-state index contributed by atoms with van der Waals surface area (Å²) in [6.07, 6.45) is 2.66. The Bertz CT molecular complexity index is 317. The first kappa shape index (κ1) is 8.69. The highest BCUT2D eigenvalue weighted by molar-refractivity contribution is 7.99. The van der Waals surface area contributed by atoms with E-state index in [4.69, 9.17) is 10.2 Å². The van der Waals surface area contributed by atoms with Gasteiger partial charge in [-0.25, -0.2) is 0 Å². The van der Waals surface area contributed by atoms with Crippen molar-refractivity contribution < 1.29 is 9.21 Å². The molecule has 0 radical (unpaired) electrons. The van der Waals surface area contributed by atoms with Gasteiger partial charge in [-0.1, -0.05) is 11.8 Å². The van der Waals surface area contributed by atoms with Gasteiger partial charge in [0, 0.05) is 5.75 Å². The molecule has 0 saturated heterocycles. The van der Waals surface area contributed by atoms with Crippen LogP contribution in [0, 0.1) is 5.92 Å². The summed E-state index contributed by atoms with van der Waals surface area (Å²) in [5, 5.41) is 0.792. The number of furan rings is 1. The maximum absolute atomic E-state index is 10.7. The molecule has 0 aromatic carbocycles. The van der Waals surface area contributed by atoms with Gasteiger partial charge in [0.15, 0.2) is 10.9 Å². The van der Waals surface area contributed by atoms with E-state index in [1.807, 2.05) is 0 Å². The van der Waals surface area contributed by atoms with Crippen LogP contribution in [0.5, 0.6) is 0 Å². The highest BCUT2D eigenvalue weighted by atomic mass is 32.2. The Morgan fingerprint density at radius 2 is 2.38 bits per heavy atom. The summed E-state index contributed by atoms with van der Waals surface area (Å²) in [6, 6.07) is 3.42. The second-order valence-electron chi connectivity index (χ2n) is 3.24. The van der Waals surface area contributed by atoms with E-state index in [-0.39, 0.29) is 5.76 Å². The minimum absolute atomic E-state index is 0.248. The minimum Gasteiger partial charge on any atom is -0.445 e. The number of hydrogen-bond acceptors (Lipinski definition) is 3. The van der Waals surface area contributed by atoms with Gasteiger partial charge in [0.25, 0.3) is 5.91 Å². The monoisotopic (exact) mass is 197 g/mol. The number of carbonyl (C=O) groups excluding carboxylic acids is 1. The lowest BCUT2D eigenvalue weighted by Gasteiger charge is -1.93. The van der Waals surface area contributed by atoms with Gasteiger partial charge in [-0.05, 0) is 30.9 Å². The molecule has 13 heavy (non-hydrogen) atoms. The molecule has 0 spiro atoms. The summed E-state index contributed by atoms with van der Waals surface area (Å²) in [5.41, 5.74) is 5.05. The molecule has 1 aromatic rings. The molecule has 4 heteroatoms. The minimum atomic E-state index is -0.502. The molecule has 1 saturated carbocycles. The van der Waals surface area contributed by atoms with Crippen LogP contribution in [-0.2, 0) is 0 Å². The molecule has 0 atom stereocenters. The molecular formula is C9H11NO2S. The van der Waals surface area contributed by atoms with Gasteiger partial charge in [0.1, 0.15) is 0 Å². The van der Waals surface area contributed by atoms with Crippen molar-refractivity contribution in [2.75, 3.05) is 5.75 Å². The van der Waals surface area contributed by atoms with Crippen LogP contribution in [0.15, 0.2) is 21.6 Å². The lowest BCUT2D eigenvalue weighted by Crippen LogP contribution is -2.09. The number of rotatable bonds is 4. The van der Waals surface area contributed by atoms with Crippen LogP contribution in [0.1, 0.15) is 23.4 Å². The normalized spacial score (nSPS) is 16.0. The molecule has 2 rings (SSSR count). The SMILES string of the molecule is NC(=O)c1ccc(SCC2CC2)o1. The predicted octanol–water partition coefficient (Wildman–Crippen LogP) is 1.88. The van der Waals surface area contributed by atoms with Crippen molar-refractivity contribution in [3.8, 4) is 0 Å². The first-order chi connectivity index (χ1) is 6.25. The first-order valence-corrected chi connectivity index (χ1v) is 5.26. The van der Waals surface area contributed by atoms with Crippen LogP contribution in [0.3, 0.4) is 0 Å². The zero-order chi connectivity index (χ0) is 9.26. The van der Waals surface area contributed by atoms with Gasteiger partial charge in [-0.3, -0.25) is 4.79 Å². The molecule has 0 aliphatic heterocycles. The summed E-state index contributed by atoms with van der Waals surface area (Å²) >= 11 is 1.65. The molecule has 70 valence electrons. The van der Waals surface area contributed by atoms with E-state index in [0.717, 1.165) is 16.8 Å². The molecule has 0 unspecified atom stereocenters. The third-order valence-electron chi connectivity index (χ3n) is 1.98. The van der Waals surface area contributed by atoms with Crippen LogP contribution in [0.2, 0.25) is 0 Å². The standard InChI is InChI=1S/C9H11NO2S/c10-9(11)7-3-4-8(12-7)13-5-6-1-2-6/h3-4,6H,1-2,5H2,(H2,10,11). The number of carbonyl (C=O) groups is 1. The number of thioether (sulfide) groups is 1. The summed E-state index contributed by atoms with van der Waals surface area (Å²) < 4.78 is 5.21. The molecule has 1 aliphatic rings. The topological polar surface area (TPSA) is 56.2 Å². The van der Waals surface area contributed by atoms with E-state index in [2.05, 4.69) is 0 Å². The molecule has 1 aromatic heterocycles. The van der Waals surface area contributed by atoms with Crippen molar-refractivity contribution in [1.82, 2.24) is 0 Å². The van der Waals surface area contributed by atoms with E-state index in [0.29, 0.717) is 0 Å². The fraction of sp³-hybridized carbons (Fsp3) is 0.444. The fourth-order valence-electron chi connectivity index (χ4n) is 1.01. The van der Waals surface area contributed by atoms with E-state index in [1.54, 1.807) is 23.9 Å². The molecule has 1 aliphatic carbocycles. The van der Waals surface area contributed by atoms with E-state index in [9.17, 15) is 4.79 Å². The average molecular weight is 197 g/mol. The number of nitrogens with two attached hydrogens (primary N) is 1. The van der Waals surface area contributed by atoms with Crippen molar-refractivity contribution in [2.24, 2.45) is 11.7 Å². The van der Waals surface area contributed by atoms with Crippen molar-refractivity contribution in [3.05, 3.63) is 17.9 Å². The second kappa shape index (κ2) is 3.46. The van der Waals surface area contributed by atoms with Crippen LogP contribution in [0.4, 0.5) is 0 Å². The van der Waals surface area contributed by atoms with E-state index in [1.165, 1.54) is 12.8 Å². The summed E-state index contributed by atoms with van der Waals surface area (Å²) in [6.45, 7) is 0. The largest absolute Gasteiger partial charge is 0.445 e. The molecule has 1 heterocycles. The summed E-state index contributed by atoms with van der Waals surface area (Å²) in [5.74, 6) is 1.69. The summed E-state index contributed by atoms with van der Waals surface area (Å²) in [7, 11) is 0. The Morgan fingerprint density at radius 3 is 2.92 bits per heavy atom. The Morgan fingerprint density at radius 1 is 1.62 bits per heavy atom. The molecule has 0 bridgehead atoms.